The van der Waals surface area contributed by atoms with E-state index in [2.05, 4.69) is 5.10 Å². The number of carbonyl (C=O) groups excluding carboxylic acids is 1. The molecule has 5 heteroatoms. The lowest BCUT2D eigenvalue weighted by Gasteiger charge is -2.04. The van der Waals surface area contributed by atoms with Crippen LogP contribution in [-0.4, -0.2) is 20.3 Å². The van der Waals surface area contributed by atoms with Crippen molar-refractivity contribution in [2.24, 2.45) is 7.05 Å². The number of hydrogen-bond donors (Lipinski definition) is 1. The predicted octanol–water partition coefficient (Wildman–Crippen LogP) is 1.95. The number of rotatable bonds is 1. The van der Waals surface area contributed by atoms with Gasteiger partial charge in [0.25, 0.3) is 5.91 Å². The third-order valence-corrected chi connectivity index (χ3v) is 3.38. The van der Waals surface area contributed by atoms with Gasteiger partial charge in [-0.05, 0) is 30.5 Å². The van der Waals surface area contributed by atoms with Crippen molar-refractivity contribution in [2.45, 2.75) is 6.92 Å². The molecule has 5 nitrogen and oxygen atoms in total. The number of anilines is 1. The van der Waals surface area contributed by atoms with E-state index < -0.39 is 0 Å². The number of nitrogens with two attached hydrogens (primary N) is 1. The Morgan fingerprint density at radius 3 is 2.79 bits per heavy atom. The first-order valence-corrected chi connectivity index (χ1v) is 5.98. The maximum absolute atomic E-state index is 12.4. The van der Waals surface area contributed by atoms with Gasteiger partial charge in [-0.1, -0.05) is 6.07 Å². The van der Waals surface area contributed by atoms with Crippen molar-refractivity contribution in [3.05, 3.63) is 47.9 Å². The number of aryl methyl sites for hydroxylation is 1. The minimum atomic E-state index is -0.169. The molecule has 0 amide bonds. The van der Waals surface area contributed by atoms with Crippen molar-refractivity contribution >= 4 is 22.5 Å². The SMILES string of the molecule is Cc1c(N)cnn1C(=O)c1ccc2ccn(C)c2c1. The quantitative estimate of drug-likeness (QED) is 0.721. The summed E-state index contributed by atoms with van der Waals surface area (Å²) in [6, 6.07) is 7.63. The Morgan fingerprint density at radius 1 is 1.32 bits per heavy atom. The van der Waals surface area contributed by atoms with Crippen molar-refractivity contribution in [2.75, 3.05) is 5.73 Å². The van der Waals surface area contributed by atoms with Gasteiger partial charge in [0, 0.05) is 24.3 Å². The van der Waals surface area contributed by atoms with Crippen LogP contribution in [0.1, 0.15) is 16.1 Å². The van der Waals surface area contributed by atoms with E-state index in [9.17, 15) is 4.79 Å². The minimum Gasteiger partial charge on any atom is -0.396 e. The van der Waals surface area contributed by atoms with Crippen LogP contribution in [-0.2, 0) is 7.05 Å². The first-order valence-electron chi connectivity index (χ1n) is 5.98. The van der Waals surface area contributed by atoms with E-state index >= 15 is 0 Å². The zero-order chi connectivity index (χ0) is 13.6. The van der Waals surface area contributed by atoms with E-state index in [1.165, 1.54) is 10.9 Å². The van der Waals surface area contributed by atoms with E-state index in [1.807, 2.05) is 42.1 Å². The molecule has 0 bridgehead atoms. The van der Waals surface area contributed by atoms with Crippen LogP contribution in [0.5, 0.6) is 0 Å². The number of fused-ring (bicyclic) bond motifs is 1. The molecule has 2 heterocycles. The lowest BCUT2D eigenvalue weighted by atomic mass is 10.1. The number of aromatic nitrogens is 3. The zero-order valence-corrected chi connectivity index (χ0v) is 10.8. The first kappa shape index (κ1) is 11.5. The maximum atomic E-state index is 12.4. The summed E-state index contributed by atoms with van der Waals surface area (Å²) in [6.07, 6.45) is 3.46. The van der Waals surface area contributed by atoms with E-state index in [4.69, 9.17) is 5.73 Å². The largest absolute Gasteiger partial charge is 0.396 e. The van der Waals surface area contributed by atoms with Crippen molar-refractivity contribution in [3.63, 3.8) is 0 Å². The average Bonchev–Trinajstić information content (AvgIpc) is 2.94. The molecule has 0 radical (unpaired) electrons. The number of carbonyl (C=O) groups is 1. The molecule has 0 unspecified atom stereocenters. The molecule has 0 fully saturated rings. The fourth-order valence-corrected chi connectivity index (χ4v) is 2.14. The fraction of sp³-hybridized carbons (Fsp3) is 0.143. The molecule has 2 aromatic heterocycles. The van der Waals surface area contributed by atoms with E-state index in [0.717, 1.165) is 10.9 Å². The van der Waals surface area contributed by atoms with Crippen molar-refractivity contribution in [3.8, 4) is 0 Å². The second kappa shape index (κ2) is 3.98. The summed E-state index contributed by atoms with van der Waals surface area (Å²) < 4.78 is 3.32. The normalized spacial score (nSPS) is 11.1. The van der Waals surface area contributed by atoms with Gasteiger partial charge >= 0.3 is 0 Å². The van der Waals surface area contributed by atoms with Gasteiger partial charge in [0.1, 0.15) is 0 Å². The molecule has 3 rings (SSSR count). The topological polar surface area (TPSA) is 65.8 Å². The van der Waals surface area contributed by atoms with Gasteiger partial charge in [0.05, 0.1) is 17.6 Å². The van der Waals surface area contributed by atoms with Crippen LogP contribution < -0.4 is 5.73 Å². The van der Waals surface area contributed by atoms with Crippen LogP contribution in [0.3, 0.4) is 0 Å². The lowest BCUT2D eigenvalue weighted by Crippen LogP contribution is -2.15. The summed E-state index contributed by atoms with van der Waals surface area (Å²) in [5.41, 5.74) is 8.52. The molecule has 3 aromatic rings. The van der Waals surface area contributed by atoms with Crippen LogP contribution in [0.25, 0.3) is 10.9 Å². The van der Waals surface area contributed by atoms with Crippen LogP contribution in [0, 0.1) is 6.92 Å². The Hall–Kier alpha value is -2.56. The number of nitrogen functional groups attached to an aromatic ring is 1. The van der Waals surface area contributed by atoms with Gasteiger partial charge in [0.2, 0.25) is 0 Å². The second-order valence-electron chi connectivity index (χ2n) is 4.60. The summed E-state index contributed by atoms with van der Waals surface area (Å²) in [5, 5.41) is 5.12. The van der Waals surface area contributed by atoms with Crippen LogP contribution in [0.2, 0.25) is 0 Å². The molecule has 0 saturated carbocycles. The molecule has 0 aliphatic rings. The summed E-state index contributed by atoms with van der Waals surface area (Å²) in [5.74, 6) is -0.169. The molecule has 19 heavy (non-hydrogen) atoms. The van der Waals surface area contributed by atoms with Crippen LogP contribution in [0.4, 0.5) is 5.69 Å². The molecule has 0 spiro atoms. The number of nitrogens with zero attached hydrogens (tertiary/aromatic N) is 3. The number of benzene rings is 1. The van der Waals surface area contributed by atoms with Crippen molar-refractivity contribution in [1.29, 1.82) is 0 Å². The second-order valence-corrected chi connectivity index (χ2v) is 4.60. The lowest BCUT2D eigenvalue weighted by molar-refractivity contribution is 0.0943. The van der Waals surface area contributed by atoms with Crippen LogP contribution in [0.15, 0.2) is 36.7 Å². The fourth-order valence-electron chi connectivity index (χ4n) is 2.14. The molecule has 0 aliphatic heterocycles. The summed E-state index contributed by atoms with van der Waals surface area (Å²) in [6.45, 7) is 1.78. The third kappa shape index (κ3) is 1.71. The Labute approximate surface area is 110 Å². The summed E-state index contributed by atoms with van der Waals surface area (Å²) in [7, 11) is 1.95. The standard InChI is InChI=1S/C14H14N4O/c1-9-12(15)8-16-18(9)14(19)11-4-3-10-5-6-17(2)13(10)7-11/h3-8H,15H2,1-2H3. The third-order valence-electron chi connectivity index (χ3n) is 3.38. The Morgan fingerprint density at radius 2 is 2.11 bits per heavy atom. The molecule has 2 N–H and O–H groups in total. The smallest absolute Gasteiger partial charge is 0.278 e. The van der Waals surface area contributed by atoms with Gasteiger partial charge in [-0.2, -0.15) is 9.78 Å². The molecular weight excluding hydrogens is 240 g/mol. The monoisotopic (exact) mass is 254 g/mol. The predicted molar refractivity (Wildman–Crippen MR) is 74.0 cm³/mol. The van der Waals surface area contributed by atoms with Crippen molar-refractivity contribution < 1.29 is 4.79 Å². The highest BCUT2D eigenvalue weighted by Gasteiger charge is 2.14. The highest BCUT2D eigenvalue weighted by Crippen LogP contribution is 2.18. The molecule has 0 aliphatic carbocycles. The van der Waals surface area contributed by atoms with Crippen LogP contribution >= 0.6 is 0 Å². The van der Waals surface area contributed by atoms with E-state index in [-0.39, 0.29) is 5.91 Å². The van der Waals surface area contributed by atoms with Gasteiger partial charge in [-0.3, -0.25) is 4.79 Å². The summed E-state index contributed by atoms with van der Waals surface area (Å²) >= 11 is 0. The molecule has 0 saturated heterocycles. The maximum Gasteiger partial charge on any atom is 0.278 e. The zero-order valence-electron chi connectivity index (χ0n) is 10.8. The van der Waals surface area contributed by atoms with Gasteiger partial charge in [-0.15, -0.1) is 0 Å². The van der Waals surface area contributed by atoms with E-state index in [0.29, 0.717) is 16.9 Å². The van der Waals surface area contributed by atoms with Gasteiger partial charge < -0.3 is 10.3 Å². The first-order chi connectivity index (χ1) is 9.08. The average molecular weight is 254 g/mol. The molecule has 1 aromatic carbocycles. The molecule has 96 valence electrons. The Kier molecular flexibility index (Phi) is 2.41. The Balaban J connectivity index is 2.11. The summed E-state index contributed by atoms with van der Waals surface area (Å²) in [4.78, 5) is 12.4. The van der Waals surface area contributed by atoms with Gasteiger partial charge in [0.15, 0.2) is 0 Å². The Bertz CT molecular complexity index is 782. The molecular formula is C14H14N4O. The minimum absolute atomic E-state index is 0.169. The van der Waals surface area contributed by atoms with Crippen molar-refractivity contribution in [1.82, 2.24) is 14.3 Å². The highest BCUT2D eigenvalue weighted by molar-refractivity contribution is 5.99. The number of hydrogen-bond acceptors (Lipinski definition) is 3. The van der Waals surface area contributed by atoms with Gasteiger partial charge in [-0.25, -0.2) is 0 Å². The van der Waals surface area contributed by atoms with E-state index in [1.54, 1.807) is 6.92 Å². The molecule has 0 atom stereocenters. The highest BCUT2D eigenvalue weighted by atomic mass is 16.2.